The van der Waals surface area contributed by atoms with Crippen molar-refractivity contribution in [1.82, 2.24) is 19.8 Å². The predicted octanol–water partition coefficient (Wildman–Crippen LogP) is 5.39. The van der Waals surface area contributed by atoms with E-state index in [2.05, 4.69) is 17.5 Å². The van der Waals surface area contributed by atoms with Crippen molar-refractivity contribution in [3.63, 3.8) is 0 Å². The SMILES string of the molecule is C=C(F)C(=O)N1CCN(c2nc(OC[C@@]34CCN3CC3(CC3)C4)nc3c2CC[C@@]2(CCc4c(Cl)cccc42)[C@H]3F)C[C@@H]1CC#N. The number of alkyl halides is 1. The van der Waals surface area contributed by atoms with Gasteiger partial charge in [-0.15, -0.1) is 0 Å². The Bertz CT molecular complexity index is 1640. The lowest BCUT2D eigenvalue weighted by Crippen LogP contribution is -2.59. The summed E-state index contributed by atoms with van der Waals surface area (Å²) >= 11 is 6.56. The van der Waals surface area contributed by atoms with Crippen LogP contribution in [0.3, 0.4) is 0 Å². The molecule has 4 atom stereocenters. The second-order valence-corrected chi connectivity index (χ2v) is 14.6. The smallest absolute Gasteiger partial charge is 0.318 e. The molecular formula is C34H37ClF2N6O2. The summed E-state index contributed by atoms with van der Waals surface area (Å²) in [5.74, 6) is -1.27. The van der Waals surface area contributed by atoms with Crippen molar-refractivity contribution in [3.8, 4) is 12.1 Å². The van der Waals surface area contributed by atoms with Gasteiger partial charge in [0.05, 0.1) is 29.8 Å². The molecule has 1 aromatic carbocycles. The first-order valence-corrected chi connectivity index (χ1v) is 16.5. The molecule has 0 radical (unpaired) electrons. The Morgan fingerprint density at radius 2 is 1.93 bits per heavy atom. The average Bonchev–Trinajstić information content (AvgIpc) is 3.63. The molecule has 45 heavy (non-hydrogen) atoms. The highest BCUT2D eigenvalue weighted by atomic mass is 35.5. The van der Waals surface area contributed by atoms with Crippen LogP contribution in [0, 0.1) is 16.7 Å². The molecule has 3 aliphatic heterocycles. The molecule has 1 amide bonds. The first-order chi connectivity index (χ1) is 21.7. The molecule has 4 fully saturated rings. The summed E-state index contributed by atoms with van der Waals surface area (Å²) in [5.41, 5.74) is 2.79. The van der Waals surface area contributed by atoms with Gasteiger partial charge in [-0.25, -0.2) is 8.78 Å². The molecule has 0 N–H and O–H groups in total. The molecule has 1 aromatic heterocycles. The number of piperazine rings is 1. The van der Waals surface area contributed by atoms with E-state index in [0.29, 0.717) is 54.4 Å². The lowest BCUT2D eigenvalue weighted by atomic mass is 9.68. The summed E-state index contributed by atoms with van der Waals surface area (Å²) in [4.78, 5) is 28.2. The highest BCUT2D eigenvalue weighted by Gasteiger charge is 2.62. The van der Waals surface area contributed by atoms with Crippen LogP contribution in [0.25, 0.3) is 0 Å². The van der Waals surface area contributed by atoms with Gasteiger partial charge >= 0.3 is 6.01 Å². The fourth-order valence-electron chi connectivity index (χ4n) is 9.13. The molecule has 11 heteroatoms. The standard InChI is InChI=1S/C34H37ClF2N6O2/c1-21(36)30(44)43-16-15-41(17-22(43)7-13-38)29-24-6-9-34(8-5-23-25(34)3-2-4-26(23)35)28(37)27(24)39-31(40-29)45-20-33-12-14-42(33)19-32(18-33)10-11-32/h2-4,22,28H,1,5-12,14-20H2/t22-,28-,33-,34+/m0/s1. The zero-order valence-electron chi connectivity index (χ0n) is 25.3. The summed E-state index contributed by atoms with van der Waals surface area (Å²) in [6.07, 6.45) is 5.93. The van der Waals surface area contributed by atoms with E-state index in [4.69, 9.17) is 26.3 Å². The molecule has 236 valence electrons. The predicted molar refractivity (Wildman–Crippen MR) is 165 cm³/mol. The minimum Gasteiger partial charge on any atom is -0.461 e. The van der Waals surface area contributed by atoms with E-state index in [1.54, 1.807) is 0 Å². The summed E-state index contributed by atoms with van der Waals surface area (Å²) in [5, 5.41) is 10.2. The van der Waals surface area contributed by atoms with Crippen LogP contribution in [0.4, 0.5) is 14.6 Å². The van der Waals surface area contributed by atoms with Gasteiger partial charge < -0.3 is 14.5 Å². The van der Waals surface area contributed by atoms with Crippen molar-refractivity contribution >= 4 is 23.3 Å². The fourth-order valence-corrected chi connectivity index (χ4v) is 9.40. The normalized spacial score (nSPS) is 30.8. The van der Waals surface area contributed by atoms with Gasteiger partial charge in [0.2, 0.25) is 0 Å². The van der Waals surface area contributed by atoms with E-state index in [1.165, 1.54) is 17.7 Å². The number of rotatable bonds is 6. The number of carbonyl (C=O) groups is 1. The van der Waals surface area contributed by atoms with Crippen molar-refractivity contribution in [1.29, 1.82) is 5.26 Å². The van der Waals surface area contributed by atoms with Crippen LogP contribution < -0.4 is 9.64 Å². The number of nitriles is 1. The number of aromatic nitrogens is 2. The maximum atomic E-state index is 17.2. The quantitative estimate of drug-likeness (QED) is 0.394. The topological polar surface area (TPSA) is 85.6 Å². The van der Waals surface area contributed by atoms with Crippen LogP contribution in [-0.4, -0.2) is 76.6 Å². The highest BCUT2D eigenvalue weighted by Crippen LogP contribution is 2.62. The lowest BCUT2D eigenvalue weighted by Gasteiger charge is -2.47. The van der Waals surface area contributed by atoms with Crippen LogP contribution in [0.5, 0.6) is 6.01 Å². The summed E-state index contributed by atoms with van der Waals surface area (Å²) in [6.45, 7) is 6.64. The van der Waals surface area contributed by atoms with Crippen LogP contribution in [0.1, 0.15) is 73.5 Å². The Hall–Kier alpha value is -3.29. The van der Waals surface area contributed by atoms with Crippen molar-refractivity contribution in [2.45, 2.75) is 81.0 Å². The summed E-state index contributed by atoms with van der Waals surface area (Å²) in [7, 11) is 0. The van der Waals surface area contributed by atoms with Gasteiger partial charge in [-0.05, 0) is 74.0 Å². The molecule has 8 nitrogen and oxygen atoms in total. The number of halogens is 3. The number of fused-ring (bicyclic) bond motifs is 4. The van der Waals surface area contributed by atoms with E-state index < -0.39 is 29.4 Å². The third-order valence-electron chi connectivity index (χ3n) is 11.8. The van der Waals surface area contributed by atoms with Crippen molar-refractivity contribution in [3.05, 3.63) is 58.0 Å². The Labute approximate surface area is 267 Å². The van der Waals surface area contributed by atoms with Gasteiger partial charge in [-0.2, -0.15) is 15.2 Å². The number of amides is 1. The number of nitrogens with zero attached hydrogens (tertiary/aromatic N) is 6. The molecule has 6 aliphatic rings. The van der Waals surface area contributed by atoms with E-state index in [-0.39, 0.29) is 31.1 Å². The Balaban J connectivity index is 1.15. The molecular weight excluding hydrogens is 598 g/mol. The van der Waals surface area contributed by atoms with Gasteiger partial charge in [0.1, 0.15) is 12.4 Å². The third-order valence-corrected chi connectivity index (χ3v) is 12.2. The lowest BCUT2D eigenvalue weighted by molar-refractivity contribution is -0.131. The monoisotopic (exact) mass is 634 g/mol. The Morgan fingerprint density at radius 3 is 2.64 bits per heavy atom. The molecule has 2 aromatic rings. The van der Waals surface area contributed by atoms with E-state index in [1.807, 2.05) is 23.1 Å². The molecule has 0 unspecified atom stereocenters. The number of hydrogen-bond acceptors (Lipinski definition) is 7. The molecule has 1 saturated carbocycles. The largest absolute Gasteiger partial charge is 0.461 e. The molecule has 4 heterocycles. The maximum Gasteiger partial charge on any atom is 0.318 e. The summed E-state index contributed by atoms with van der Waals surface area (Å²) < 4.78 is 37.5. The minimum absolute atomic E-state index is 0.00789. The summed E-state index contributed by atoms with van der Waals surface area (Å²) in [6, 6.07) is 7.51. The number of ether oxygens (including phenoxy) is 1. The Morgan fingerprint density at radius 1 is 1.13 bits per heavy atom. The third kappa shape index (κ3) is 4.48. The van der Waals surface area contributed by atoms with Crippen molar-refractivity contribution in [2.24, 2.45) is 5.41 Å². The van der Waals surface area contributed by atoms with Gasteiger partial charge in [0.25, 0.3) is 5.91 Å². The van der Waals surface area contributed by atoms with Gasteiger partial charge in [-0.3, -0.25) is 9.69 Å². The van der Waals surface area contributed by atoms with Gasteiger partial charge in [-0.1, -0.05) is 30.3 Å². The van der Waals surface area contributed by atoms with E-state index in [9.17, 15) is 14.4 Å². The van der Waals surface area contributed by atoms with Gasteiger partial charge in [0.15, 0.2) is 12.0 Å². The average molecular weight is 635 g/mol. The second-order valence-electron chi connectivity index (χ2n) is 14.2. The van der Waals surface area contributed by atoms with Crippen molar-refractivity contribution < 1.29 is 18.3 Å². The highest BCUT2D eigenvalue weighted by molar-refractivity contribution is 6.31. The van der Waals surface area contributed by atoms with Crippen LogP contribution in [-0.2, 0) is 23.1 Å². The fraction of sp³-hybridized carbons (Fsp3) is 0.588. The molecule has 0 bridgehead atoms. The molecule has 8 rings (SSSR count). The van der Waals surface area contributed by atoms with Gasteiger partial charge in [0, 0.05) is 48.7 Å². The minimum atomic E-state index is -1.38. The second kappa shape index (κ2) is 10.4. The van der Waals surface area contributed by atoms with E-state index >= 15 is 4.39 Å². The number of benzene rings is 1. The first kappa shape index (κ1) is 29.1. The molecule has 3 saturated heterocycles. The van der Waals surface area contributed by atoms with Crippen LogP contribution in [0.15, 0.2) is 30.6 Å². The Kier molecular flexibility index (Phi) is 6.71. The first-order valence-electron chi connectivity index (χ1n) is 16.2. The molecule has 2 spiro atoms. The maximum absolute atomic E-state index is 17.2. The van der Waals surface area contributed by atoms with Crippen LogP contribution >= 0.6 is 11.6 Å². The zero-order chi connectivity index (χ0) is 31.1. The van der Waals surface area contributed by atoms with E-state index in [0.717, 1.165) is 49.0 Å². The van der Waals surface area contributed by atoms with Crippen molar-refractivity contribution in [2.75, 3.05) is 44.2 Å². The van der Waals surface area contributed by atoms with Crippen LogP contribution in [0.2, 0.25) is 5.02 Å². The number of carbonyl (C=O) groups excluding carboxylic acids is 1. The zero-order valence-corrected chi connectivity index (χ0v) is 26.1. The number of hydrogen-bond donors (Lipinski definition) is 0. The number of anilines is 1. The molecule has 3 aliphatic carbocycles.